The first-order chi connectivity index (χ1) is 17.7. The molecule has 1 amide bonds. The zero-order valence-corrected chi connectivity index (χ0v) is 21.4. The number of carbonyl (C=O) groups is 1. The summed E-state index contributed by atoms with van der Waals surface area (Å²) in [4.78, 5) is 15.4. The van der Waals surface area contributed by atoms with Crippen molar-refractivity contribution in [2.24, 2.45) is 0 Å². The highest BCUT2D eigenvalue weighted by Crippen LogP contribution is 2.46. The van der Waals surface area contributed by atoms with Crippen molar-refractivity contribution < 1.29 is 45.7 Å². The zero-order chi connectivity index (χ0) is 28.4. The minimum absolute atomic E-state index is 0.0232. The van der Waals surface area contributed by atoms with Crippen molar-refractivity contribution in [3.8, 4) is 11.5 Å². The van der Waals surface area contributed by atoms with Crippen LogP contribution in [0.2, 0.25) is 0 Å². The molecule has 2 aromatic rings. The lowest BCUT2D eigenvalue weighted by Gasteiger charge is -2.44. The van der Waals surface area contributed by atoms with Crippen LogP contribution in [0.25, 0.3) is 0 Å². The summed E-state index contributed by atoms with van der Waals surface area (Å²) >= 11 is 0. The van der Waals surface area contributed by atoms with Gasteiger partial charge in [0.05, 0.1) is 31.4 Å². The Balaban J connectivity index is 2.14. The molecule has 0 saturated carbocycles. The van der Waals surface area contributed by atoms with Crippen molar-refractivity contribution in [3.63, 3.8) is 0 Å². The first-order valence-corrected chi connectivity index (χ1v) is 12.0. The van der Waals surface area contributed by atoms with Gasteiger partial charge < -0.3 is 19.5 Å². The van der Waals surface area contributed by atoms with Gasteiger partial charge in [-0.05, 0) is 49.6 Å². The molecule has 0 bridgehead atoms. The highest BCUT2D eigenvalue weighted by Gasteiger charge is 2.39. The second kappa shape index (κ2) is 11.2. The largest absolute Gasteiger partial charge is 0.493 e. The van der Waals surface area contributed by atoms with Gasteiger partial charge in [-0.15, -0.1) is 0 Å². The number of hydrogen-bond acceptors (Lipinski definition) is 4. The van der Waals surface area contributed by atoms with E-state index in [0.717, 1.165) is 17.7 Å². The van der Waals surface area contributed by atoms with Gasteiger partial charge in [0.15, 0.2) is 11.5 Å². The molecule has 0 radical (unpaired) electrons. The molecule has 0 saturated heterocycles. The molecule has 210 valence electrons. The number of nitrogens with zero attached hydrogens (tertiary/aromatic N) is 2. The van der Waals surface area contributed by atoms with Crippen LogP contribution in [0.5, 0.6) is 11.5 Å². The smallest absolute Gasteiger partial charge is 0.416 e. The fraction of sp³-hybridized carbons (Fsp3) is 0.500. The van der Waals surface area contributed by atoms with Gasteiger partial charge in [-0.1, -0.05) is 13.3 Å². The van der Waals surface area contributed by atoms with Crippen molar-refractivity contribution >= 4 is 11.8 Å². The van der Waals surface area contributed by atoms with Gasteiger partial charge in [0.2, 0.25) is 0 Å². The minimum Gasteiger partial charge on any atom is -0.493 e. The number of hydrogen-bond donors (Lipinski definition) is 1. The monoisotopic (exact) mass is 548 g/mol. The average molecular weight is 549 g/mol. The van der Waals surface area contributed by atoms with Crippen LogP contribution in [0.3, 0.4) is 0 Å². The van der Waals surface area contributed by atoms with Gasteiger partial charge in [-0.2, -0.15) is 26.3 Å². The highest BCUT2D eigenvalue weighted by atomic mass is 19.4. The Hall–Kier alpha value is -3.31. The second-order valence-electron chi connectivity index (χ2n) is 9.24. The number of amides is 1. The summed E-state index contributed by atoms with van der Waals surface area (Å²) in [6.45, 7) is 3.92. The molecule has 1 heterocycles. The van der Waals surface area contributed by atoms with E-state index in [0.29, 0.717) is 41.4 Å². The van der Waals surface area contributed by atoms with Gasteiger partial charge in [0, 0.05) is 36.4 Å². The molecule has 12 heteroatoms. The van der Waals surface area contributed by atoms with Crippen LogP contribution in [-0.4, -0.2) is 42.9 Å². The van der Waals surface area contributed by atoms with Crippen LogP contribution in [0.1, 0.15) is 61.4 Å². The number of alkyl halides is 6. The molecule has 6 nitrogen and oxygen atoms in total. The molecule has 1 aliphatic rings. The summed E-state index contributed by atoms with van der Waals surface area (Å²) < 4.78 is 91.3. The maximum absolute atomic E-state index is 13.4. The van der Waals surface area contributed by atoms with Crippen molar-refractivity contribution in [1.29, 1.82) is 0 Å². The lowest BCUT2D eigenvalue weighted by atomic mass is 9.89. The van der Waals surface area contributed by atoms with E-state index in [2.05, 4.69) is 4.90 Å². The summed E-state index contributed by atoms with van der Waals surface area (Å²) in [7, 11) is 2.87. The Labute approximate surface area is 216 Å². The predicted molar refractivity (Wildman–Crippen MR) is 129 cm³/mol. The molecule has 2 aromatic carbocycles. The molecule has 0 aliphatic carbocycles. The summed E-state index contributed by atoms with van der Waals surface area (Å²) in [5.74, 6) is 0.736. The van der Waals surface area contributed by atoms with Gasteiger partial charge in [-0.25, -0.2) is 4.79 Å². The third kappa shape index (κ3) is 6.21. The lowest BCUT2D eigenvalue weighted by molar-refractivity contribution is -0.143. The third-order valence-electron chi connectivity index (χ3n) is 6.67. The first kappa shape index (κ1) is 29.2. The van der Waals surface area contributed by atoms with Gasteiger partial charge in [-0.3, -0.25) is 4.90 Å². The van der Waals surface area contributed by atoms with Crippen molar-refractivity contribution in [2.45, 2.75) is 64.1 Å². The second-order valence-corrected chi connectivity index (χ2v) is 9.24. The van der Waals surface area contributed by atoms with Crippen LogP contribution in [0.15, 0.2) is 30.3 Å². The standard InChI is InChI=1S/C26H30F6N2O4/c1-5-6-7-33-15(2)8-20(19-12-22(37-3)23(38-4)13-21(19)33)34(24(35)36)14-16-9-17(25(27,28)29)11-18(10-16)26(30,31)32/h9-13,15,20H,5-8,14H2,1-4H3,(H,35,36). The van der Waals surface area contributed by atoms with Crippen molar-refractivity contribution in [2.75, 3.05) is 25.7 Å². The number of fused-ring (bicyclic) bond motifs is 1. The molecule has 0 spiro atoms. The Kier molecular flexibility index (Phi) is 8.62. The molecule has 0 fully saturated rings. The van der Waals surface area contributed by atoms with Crippen molar-refractivity contribution in [3.05, 3.63) is 52.6 Å². The van der Waals surface area contributed by atoms with Crippen LogP contribution >= 0.6 is 0 Å². The van der Waals surface area contributed by atoms with Crippen LogP contribution in [-0.2, 0) is 18.9 Å². The lowest BCUT2D eigenvalue weighted by Crippen LogP contribution is -2.45. The summed E-state index contributed by atoms with van der Waals surface area (Å²) in [5, 5.41) is 10.1. The number of anilines is 1. The van der Waals surface area contributed by atoms with E-state index in [1.54, 1.807) is 12.1 Å². The molecule has 1 aliphatic heterocycles. The number of carboxylic acid groups (broad SMARTS) is 1. The molecule has 2 unspecified atom stereocenters. The van der Waals surface area contributed by atoms with Crippen molar-refractivity contribution in [1.82, 2.24) is 4.90 Å². The maximum atomic E-state index is 13.4. The van der Waals surface area contributed by atoms with Gasteiger partial charge in [0.1, 0.15) is 0 Å². The minimum atomic E-state index is -5.04. The number of halogens is 6. The molecular weight excluding hydrogens is 518 g/mol. The fourth-order valence-corrected chi connectivity index (χ4v) is 4.80. The summed E-state index contributed by atoms with van der Waals surface area (Å²) in [5.41, 5.74) is -2.21. The highest BCUT2D eigenvalue weighted by molar-refractivity contribution is 5.70. The number of methoxy groups -OCH3 is 2. The molecule has 0 aromatic heterocycles. The molecule has 3 rings (SSSR count). The van der Waals surface area contributed by atoms with E-state index in [4.69, 9.17) is 9.47 Å². The number of ether oxygens (including phenoxy) is 2. The first-order valence-electron chi connectivity index (χ1n) is 12.0. The fourth-order valence-electron chi connectivity index (χ4n) is 4.80. The van der Waals surface area contributed by atoms with Crippen LogP contribution in [0, 0.1) is 0 Å². The number of rotatable bonds is 8. The van der Waals surface area contributed by atoms with E-state index >= 15 is 0 Å². The van der Waals surface area contributed by atoms with Gasteiger partial charge in [0.25, 0.3) is 0 Å². The predicted octanol–water partition coefficient (Wildman–Crippen LogP) is 7.36. The molecule has 1 N–H and O–H groups in total. The molecular formula is C26H30F6N2O4. The number of benzene rings is 2. The van der Waals surface area contributed by atoms with E-state index < -0.39 is 47.7 Å². The van der Waals surface area contributed by atoms with E-state index in [-0.39, 0.29) is 18.5 Å². The SMILES string of the molecule is CCCCN1c2cc(OC)c(OC)cc2C(N(Cc2cc(C(F)(F)F)cc(C(F)(F)F)c2)C(=O)O)CC1C. The van der Waals surface area contributed by atoms with Gasteiger partial charge >= 0.3 is 18.4 Å². The average Bonchev–Trinajstić information content (AvgIpc) is 2.84. The van der Waals surface area contributed by atoms with E-state index in [1.165, 1.54) is 14.2 Å². The Morgan fingerprint density at radius 3 is 2.03 bits per heavy atom. The normalized spacial score (nSPS) is 17.7. The van der Waals surface area contributed by atoms with Crippen LogP contribution < -0.4 is 14.4 Å². The molecule has 38 heavy (non-hydrogen) atoms. The Morgan fingerprint density at radius 1 is 1.00 bits per heavy atom. The molecule has 2 atom stereocenters. The Morgan fingerprint density at radius 2 is 1.55 bits per heavy atom. The Bertz CT molecular complexity index is 1120. The van der Waals surface area contributed by atoms with Crippen LogP contribution in [0.4, 0.5) is 36.8 Å². The van der Waals surface area contributed by atoms with E-state index in [9.17, 15) is 36.2 Å². The maximum Gasteiger partial charge on any atom is 0.416 e. The summed E-state index contributed by atoms with van der Waals surface area (Å²) in [6.07, 6.45) is -9.53. The topological polar surface area (TPSA) is 62.2 Å². The summed E-state index contributed by atoms with van der Waals surface area (Å²) in [6, 6.07) is 3.44. The third-order valence-corrected chi connectivity index (χ3v) is 6.67. The number of unbranched alkanes of at least 4 members (excludes halogenated alkanes) is 1. The zero-order valence-electron chi connectivity index (χ0n) is 21.4. The quantitative estimate of drug-likeness (QED) is 0.349. The van der Waals surface area contributed by atoms with E-state index in [1.807, 2.05) is 13.8 Å².